The third kappa shape index (κ3) is 2.14. The molecular weight excluding hydrogens is 282 g/mol. The van der Waals surface area contributed by atoms with Crippen LogP contribution in [0.15, 0.2) is 18.6 Å². The summed E-state index contributed by atoms with van der Waals surface area (Å²) in [5.74, 6) is -0.296. The fourth-order valence-electron chi connectivity index (χ4n) is 2.61. The molecule has 3 aromatic rings. The number of nitrogens with one attached hydrogen (secondary N) is 1. The Balaban J connectivity index is 2.21. The van der Waals surface area contributed by atoms with Gasteiger partial charge in [-0.15, -0.1) is 0 Å². The number of aromatic amines is 1. The van der Waals surface area contributed by atoms with Crippen molar-refractivity contribution in [1.82, 2.24) is 24.8 Å². The zero-order valence-electron chi connectivity index (χ0n) is 12.9. The first-order chi connectivity index (χ1) is 10.5. The van der Waals surface area contributed by atoms with E-state index in [0.717, 1.165) is 28.0 Å². The van der Waals surface area contributed by atoms with Gasteiger partial charge in [-0.3, -0.25) is 5.10 Å². The molecule has 0 spiro atoms. The predicted molar refractivity (Wildman–Crippen MR) is 80.7 cm³/mol. The molecule has 7 nitrogen and oxygen atoms in total. The Morgan fingerprint density at radius 1 is 1.41 bits per heavy atom. The smallest absolute Gasteiger partial charge is 0.356 e. The number of hydrogen-bond acceptors (Lipinski definition) is 5. The standard InChI is InChI=1S/C15H17N5O2/c1-8(2)11-12(18-19-13(11)15(21)22-4)10-5-9(3)14-16-7-17-20(14)6-10/h5-8H,1-4H3,(H,18,19). The Hall–Kier alpha value is -2.70. The summed E-state index contributed by atoms with van der Waals surface area (Å²) >= 11 is 0. The van der Waals surface area contributed by atoms with Gasteiger partial charge in [-0.2, -0.15) is 10.2 Å². The summed E-state index contributed by atoms with van der Waals surface area (Å²) in [6.45, 7) is 6.00. The quantitative estimate of drug-likeness (QED) is 0.750. The third-order valence-corrected chi connectivity index (χ3v) is 3.60. The lowest BCUT2D eigenvalue weighted by atomic mass is 9.97. The van der Waals surface area contributed by atoms with E-state index in [2.05, 4.69) is 20.3 Å². The first kappa shape index (κ1) is 14.2. The summed E-state index contributed by atoms with van der Waals surface area (Å²) in [4.78, 5) is 16.1. The maximum absolute atomic E-state index is 11.9. The van der Waals surface area contributed by atoms with Crippen molar-refractivity contribution in [2.45, 2.75) is 26.7 Å². The number of rotatable bonds is 3. The molecule has 114 valence electrons. The second-order valence-electron chi connectivity index (χ2n) is 5.45. The first-order valence-electron chi connectivity index (χ1n) is 6.99. The molecule has 7 heteroatoms. The zero-order valence-corrected chi connectivity index (χ0v) is 12.9. The van der Waals surface area contributed by atoms with Crippen LogP contribution in [0.2, 0.25) is 0 Å². The van der Waals surface area contributed by atoms with Crippen LogP contribution in [0, 0.1) is 6.92 Å². The Labute approximate surface area is 127 Å². The van der Waals surface area contributed by atoms with Crippen molar-refractivity contribution in [2.75, 3.05) is 7.11 Å². The Bertz CT molecular complexity index is 847. The van der Waals surface area contributed by atoms with Crippen molar-refractivity contribution in [3.63, 3.8) is 0 Å². The number of carbonyl (C=O) groups excluding carboxylic acids is 1. The van der Waals surface area contributed by atoms with Crippen molar-refractivity contribution in [2.24, 2.45) is 0 Å². The van der Waals surface area contributed by atoms with Gasteiger partial charge in [0, 0.05) is 17.3 Å². The summed E-state index contributed by atoms with van der Waals surface area (Å²) in [7, 11) is 1.36. The van der Waals surface area contributed by atoms with Gasteiger partial charge in [-0.05, 0) is 24.5 Å². The Morgan fingerprint density at radius 2 is 2.18 bits per heavy atom. The minimum atomic E-state index is -0.416. The Kier molecular flexibility index (Phi) is 3.40. The number of carbonyl (C=O) groups is 1. The van der Waals surface area contributed by atoms with E-state index in [9.17, 15) is 4.79 Å². The number of methoxy groups -OCH3 is 1. The van der Waals surface area contributed by atoms with Crippen LogP contribution in [0.25, 0.3) is 16.9 Å². The number of fused-ring (bicyclic) bond motifs is 1. The lowest BCUT2D eigenvalue weighted by Gasteiger charge is -2.09. The normalized spacial score (nSPS) is 11.3. The summed E-state index contributed by atoms with van der Waals surface area (Å²) < 4.78 is 6.53. The first-order valence-corrected chi connectivity index (χ1v) is 6.99. The summed E-state index contributed by atoms with van der Waals surface area (Å²) in [6.07, 6.45) is 3.37. The molecule has 0 aliphatic rings. The van der Waals surface area contributed by atoms with E-state index in [1.807, 2.05) is 33.0 Å². The SMILES string of the molecule is COC(=O)c1[nH]nc(-c2cc(C)c3ncnn3c2)c1C(C)C. The molecule has 22 heavy (non-hydrogen) atoms. The molecule has 0 radical (unpaired) electrons. The van der Waals surface area contributed by atoms with Crippen LogP contribution in [-0.2, 0) is 4.74 Å². The van der Waals surface area contributed by atoms with Crippen LogP contribution in [0.3, 0.4) is 0 Å². The fourth-order valence-corrected chi connectivity index (χ4v) is 2.61. The number of ether oxygens (including phenoxy) is 1. The summed E-state index contributed by atoms with van der Waals surface area (Å²) in [5, 5.41) is 11.3. The highest BCUT2D eigenvalue weighted by Gasteiger charge is 2.23. The van der Waals surface area contributed by atoms with Crippen LogP contribution in [-0.4, -0.2) is 37.9 Å². The van der Waals surface area contributed by atoms with Crippen LogP contribution in [0.1, 0.15) is 41.4 Å². The summed E-state index contributed by atoms with van der Waals surface area (Å²) in [5.41, 5.74) is 4.64. The van der Waals surface area contributed by atoms with E-state index in [-0.39, 0.29) is 5.92 Å². The van der Waals surface area contributed by atoms with E-state index in [1.165, 1.54) is 13.4 Å². The van der Waals surface area contributed by atoms with Gasteiger partial charge in [0.05, 0.1) is 12.8 Å². The average molecular weight is 299 g/mol. The molecule has 0 bridgehead atoms. The van der Waals surface area contributed by atoms with E-state index < -0.39 is 5.97 Å². The number of hydrogen-bond donors (Lipinski definition) is 1. The van der Waals surface area contributed by atoms with E-state index in [1.54, 1.807) is 4.52 Å². The van der Waals surface area contributed by atoms with E-state index in [4.69, 9.17) is 4.74 Å². The van der Waals surface area contributed by atoms with Crippen molar-refractivity contribution in [3.8, 4) is 11.3 Å². The van der Waals surface area contributed by atoms with Gasteiger partial charge in [0.2, 0.25) is 0 Å². The molecule has 0 aromatic carbocycles. The van der Waals surface area contributed by atoms with Crippen molar-refractivity contribution in [1.29, 1.82) is 0 Å². The van der Waals surface area contributed by atoms with E-state index >= 15 is 0 Å². The molecule has 0 saturated carbocycles. The van der Waals surface area contributed by atoms with Gasteiger partial charge in [0.15, 0.2) is 5.65 Å². The van der Waals surface area contributed by atoms with Crippen molar-refractivity contribution in [3.05, 3.63) is 35.4 Å². The number of aryl methyl sites for hydroxylation is 1. The summed E-state index contributed by atoms with van der Waals surface area (Å²) in [6, 6.07) is 1.99. The molecule has 3 aromatic heterocycles. The highest BCUT2D eigenvalue weighted by atomic mass is 16.5. The lowest BCUT2D eigenvalue weighted by molar-refractivity contribution is 0.0592. The molecule has 0 unspecified atom stereocenters. The Morgan fingerprint density at radius 3 is 2.86 bits per heavy atom. The molecule has 1 N–H and O–H groups in total. The molecule has 3 rings (SSSR count). The maximum atomic E-state index is 11.9. The van der Waals surface area contributed by atoms with Gasteiger partial charge in [0.1, 0.15) is 12.0 Å². The number of esters is 1. The molecule has 0 fully saturated rings. The third-order valence-electron chi connectivity index (χ3n) is 3.60. The molecule has 0 atom stereocenters. The maximum Gasteiger partial charge on any atom is 0.356 e. The molecule has 0 saturated heterocycles. The molecule has 0 amide bonds. The molecular formula is C15H17N5O2. The van der Waals surface area contributed by atoms with Gasteiger partial charge in [-0.1, -0.05) is 13.8 Å². The average Bonchev–Trinajstić information content (AvgIpc) is 3.12. The number of H-pyrrole nitrogens is 1. The second kappa shape index (κ2) is 5.25. The lowest BCUT2D eigenvalue weighted by Crippen LogP contribution is -2.06. The molecule has 0 aliphatic carbocycles. The van der Waals surface area contributed by atoms with Crippen LogP contribution >= 0.6 is 0 Å². The van der Waals surface area contributed by atoms with Gasteiger partial charge in [-0.25, -0.2) is 14.3 Å². The zero-order chi connectivity index (χ0) is 15.9. The van der Waals surface area contributed by atoms with Gasteiger partial charge < -0.3 is 4.74 Å². The largest absolute Gasteiger partial charge is 0.464 e. The minimum absolute atomic E-state index is 0.120. The number of aromatic nitrogens is 5. The van der Waals surface area contributed by atoms with Gasteiger partial charge in [0.25, 0.3) is 0 Å². The minimum Gasteiger partial charge on any atom is -0.464 e. The highest BCUT2D eigenvalue weighted by Crippen LogP contribution is 2.31. The number of nitrogens with zero attached hydrogens (tertiary/aromatic N) is 4. The molecule has 3 heterocycles. The van der Waals surface area contributed by atoms with Crippen molar-refractivity contribution < 1.29 is 9.53 Å². The van der Waals surface area contributed by atoms with Crippen molar-refractivity contribution >= 4 is 11.6 Å². The van der Waals surface area contributed by atoms with Gasteiger partial charge >= 0.3 is 5.97 Å². The highest BCUT2D eigenvalue weighted by molar-refractivity contribution is 5.91. The fraction of sp³-hybridized carbons (Fsp3) is 0.333. The predicted octanol–water partition coefficient (Wildman–Crippen LogP) is 2.34. The monoisotopic (exact) mass is 299 g/mol. The topological polar surface area (TPSA) is 85.2 Å². The number of pyridine rings is 1. The van der Waals surface area contributed by atoms with Crippen LogP contribution in [0.5, 0.6) is 0 Å². The van der Waals surface area contributed by atoms with Crippen LogP contribution in [0.4, 0.5) is 0 Å². The second-order valence-corrected chi connectivity index (χ2v) is 5.45. The van der Waals surface area contributed by atoms with E-state index in [0.29, 0.717) is 5.69 Å². The van der Waals surface area contributed by atoms with Crippen LogP contribution < -0.4 is 0 Å². The molecule has 0 aliphatic heterocycles.